The Morgan fingerprint density at radius 2 is 1.38 bits per heavy atom. The van der Waals surface area contributed by atoms with Crippen LogP contribution in [0.1, 0.15) is 29.6 Å². The molecule has 0 unspecified atom stereocenters. The second-order valence-corrected chi connectivity index (χ2v) is 8.89. The van der Waals surface area contributed by atoms with Crippen LogP contribution in [0.5, 0.6) is 0 Å². The molecule has 0 spiro atoms. The van der Waals surface area contributed by atoms with Gasteiger partial charge in [0.2, 0.25) is 0 Å². The van der Waals surface area contributed by atoms with Crippen LogP contribution in [0.3, 0.4) is 0 Å². The quantitative estimate of drug-likeness (QED) is 0.513. The summed E-state index contributed by atoms with van der Waals surface area (Å²) in [6.45, 7) is 6.12. The molecule has 2 N–H and O–H groups in total. The van der Waals surface area contributed by atoms with Gasteiger partial charge >= 0.3 is 24.3 Å². The number of pyridine rings is 1. The van der Waals surface area contributed by atoms with Crippen LogP contribution >= 0.6 is 0 Å². The number of carboxylic acids is 2. The van der Waals surface area contributed by atoms with E-state index in [4.69, 9.17) is 29.3 Å². The predicted octanol–water partition coefficient (Wildman–Crippen LogP) is 2.69. The minimum absolute atomic E-state index is 0.0926. The fourth-order valence-corrected chi connectivity index (χ4v) is 4.32. The minimum Gasteiger partial charge on any atom is -0.475 e. The van der Waals surface area contributed by atoms with Crippen molar-refractivity contribution in [2.75, 3.05) is 46.0 Å². The number of fused-ring (bicyclic) bond motifs is 1. The second kappa shape index (κ2) is 14.4. The lowest BCUT2D eigenvalue weighted by Crippen LogP contribution is -2.50. The zero-order valence-corrected chi connectivity index (χ0v) is 20.7. The number of amides is 1. The number of carbonyl (C=O) groups excluding carboxylic acids is 1. The molecule has 10 nitrogen and oxygen atoms in total. The van der Waals surface area contributed by atoms with Crippen LogP contribution < -0.4 is 0 Å². The van der Waals surface area contributed by atoms with Gasteiger partial charge in [0.25, 0.3) is 5.91 Å². The highest BCUT2D eigenvalue weighted by molar-refractivity contribution is 5.94. The van der Waals surface area contributed by atoms with E-state index in [2.05, 4.69) is 9.88 Å². The summed E-state index contributed by atoms with van der Waals surface area (Å²) in [7, 11) is 0. The van der Waals surface area contributed by atoms with Crippen molar-refractivity contribution in [2.45, 2.75) is 43.8 Å². The molecule has 3 saturated heterocycles. The van der Waals surface area contributed by atoms with Crippen LogP contribution in [-0.4, -0.2) is 113 Å². The third kappa shape index (κ3) is 10.6. The molecule has 2 atom stereocenters. The van der Waals surface area contributed by atoms with Crippen molar-refractivity contribution in [2.24, 2.45) is 5.92 Å². The number of hydrogen-bond donors (Lipinski definition) is 2. The van der Waals surface area contributed by atoms with Crippen LogP contribution in [-0.2, 0) is 19.1 Å². The molecule has 1 aromatic heterocycles. The zero-order chi connectivity index (χ0) is 29.2. The van der Waals surface area contributed by atoms with Crippen molar-refractivity contribution in [3.8, 4) is 0 Å². The summed E-state index contributed by atoms with van der Waals surface area (Å²) in [6.07, 6.45) is -3.39. The van der Waals surface area contributed by atoms with Gasteiger partial charge in [-0.25, -0.2) is 9.59 Å². The number of halogens is 6. The number of hydrogen-bond acceptors (Lipinski definition) is 7. The number of carboxylic acid groups (broad SMARTS) is 2. The third-order valence-electron chi connectivity index (χ3n) is 6.28. The number of rotatable bonds is 2. The molecule has 0 bridgehead atoms. The number of likely N-dealkylation sites (tertiary alicyclic amines) is 1. The van der Waals surface area contributed by atoms with Gasteiger partial charge in [-0.1, -0.05) is 0 Å². The Balaban J connectivity index is 0.000000317. The Morgan fingerprint density at radius 1 is 0.846 bits per heavy atom. The van der Waals surface area contributed by atoms with Gasteiger partial charge in [-0.05, 0) is 31.4 Å². The highest BCUT2D eigenvalue weighted by Gasteiger charge is 2.39. The number of carbonyl (C=O) groups is 3. The zero-order valence-electron chi connectivity index (χ0n) is 20.7. The largest absolute Gasteiger partial charge is 0.490 e. The molecule has 220 valence electrons. The van der Waals surface area contributed by atoms with E-state index >= 15 is 0 Å². The summed E-state index contributed by atoms with van der Waals surface area (Å²) >= 11 is 0. The first-order valence-electron chi connectivity index (χ1n) is 11.9. The summed E-state index contributed by atoms with van der Waals surface area (Å²) in [5, 5.41) is 14.2. The van der Waals surface area contributed by atoms with Crippen molar-refractivity contribution in [3.05, 3.63) is 30.1 Å². The molecule has 0 aromatic carbocycles. The number of aliphatic carboxylic acids is 2. The Kier molecular flexibility index (Phi) is 11.9. The number of aromatic nitrogens is 1. The van der Waals surface area contributed by atoms with E-state index in [1.165, 1.54) is 0 Å². The molecular formula is C23H29F6N3O7. The summed E-state index contributed by atoms with van der Waals surface area (Å²) < 4.78 is 75.1. The van der Waals surface area contributed by atoms with Crippen molar-refractivity contribution in [1.29, 1.82) is 0 Å². The van der Waals surface area contributed by atoms with Crippen LogP contribution in [0.15, 0.2) is 24.5 Å². The van der Waals surface area contributed by atoms with Crippen LogP contribution in [0.25, 0.3) is 0 Å². The Morgan fingerprint density at radius 3 is 1.90 bits per heavy atom. The molecule has 0 saturated carbocycles. The molecular weight excluding hydrogens is 544 g/mol. The highest BCUT2D eigenvalue weighted by Crippen LogP contribution is 2.27. The monoisotopic (exact) mass is 573 g/mol. The van der Waals surface area contributed by atoms with Crippen molar-refractivity contribution in [3.63, 3.8) is 0 Å². The molecule has 1 aromatic rings. The predicted molar refractivity (Wildman–Crippen MR) is 121 cm³/mol. The third-order valence-corrected chi connectivity index (χ3v) is 6.28. The van der Waals surface area contributed by atoms with E-state index in [-0.39, 0.29) is 12.0 Å². The number of piperidine rings is 1. The van der Waals surface area contributed by atoms with Gasteiger partial charge in [0.05, 0.1) is 12.7 Å². The van der Waals surface area contributed by atoms with Gasteiger partial charge < -0.3 is 24.6 Å². The average Bonchev–Trinajstić information content (AvgIpc) is 3.11. The van der Waals surface area contributed by atoms with Gasteiger partial charge in [0.1, 0.15) is 0 Å². The van der Waals surface area contributed by atoms with Gasteiger partial charge in [0.15, 0.2) is 0 Å². The van der Waals surface area contributed by atoms with E-state index < -0.39 is 24.3 Å². The maximum absolute atomic E-state index is 12.7. The second-order valence-electron chi connectivity index (χ2n) is 8.89. The van der Waals surface area contributed by atoms with E-state index in [1.54, 1.807) is 24.5 Å². The van der Waals surface area contributed by atoms with Crippen LogP contribution in [0.2, 0.25) is 0 Å². The van der Waals surface area contributed by atoms with Crippen molar-refractivity contribution in [1.82, 2.24) is 14.8 Å². The number of ether oxygens (including phenoxy) is 2. The van der Waals surface area contributed by atoms with E-state index in [0.717, 1.165) is 58.7 Å². The topological polar surface area (TPSA) is 129 Å². The highest BCUT2D eigenvalue weighted by atomic mass is 19.4. The van der Waals surface area contributed by atoms with Crippen LogP contribution in [0.4, 0.5) is 26.3 Å². The molecule has 16 heteroatoms. The first-order chi connectivity index (χ1) is 18.2. The molecule has 0 aliphatic carbocycles. The SMILES string of the molecule is O=C(O)C(F)(F)F.O=C(O)C(F)(F)F.O=C(c1ccncc1)N1CC[C@@H]2CN(C3CCOCC3)CCO[C@@H]2C1. The van der Waals surface area contributed by atoms with Gasteiger partial charge in [-0.15, -0.1) is 0 Å². The molecule has 4 heterocycles. The van der Waals surface area contributed by atoms with Crippen LogP contribution in [0, 0.1) is 5.92 Å². The molecule has 3 fully saturated rings. The minimum atomic E-state index is -5.08. The Labute approximate surface area is 219 Å². The standard InChI is InChI=1S/C19H27N3O3.2C2HF3O2/c23-19(15-1-6-20-7-2-15)22-8-3-16-13-21(9-12-25-18(16)14-22)17-4-10-24-11-5-17;2*3-2(4,5)1(6)7/h1-2,6-7,16-18H,3-5,8-14H2;2*(H,6,7)/t16-,18-;;/m1../s1. The van der Waals surface area contributed by atoms with E-state index in [1.807, 2.05) is 4.90 Å². The lowest BCUT2D eigenvalue weighted by Gasteiger charge is -2.39. The van der Waals surface area contributed by atoms with Gasteiger partial charge in [0, 0.05) is 69.3 Å². The van der Waals surface area contributed by atoms with Gasteiger partial charge in [-0.2, -0.15) is 26.3 Å². The number of nitrogens with zero attached hydrogens (tertiary/aromatic N) is 3. The fourth-order valence-electron chi connectivity index (χ4n) is 4.32. The Bertz CT molecular complexity index is 918. The summed E-state index contributed by atoms with van der Waals surface area (Å²) in [5.41, 5.74) is 0.714. The summed E-state index contributed by atoms with van der Waals surface area (Å²) in [4.78, 5) is 39.0. The maximum atomic E-state index is 12.7. The average molecular weight is 573 g/mol. The van der Waals surface area contributed by atoms with Crippen molar-refractivity contribution >= 4 is 17.8 Å². The van der Waals surface area contributed by atoms with E-state index in [0.29, 0.717) is 24.1 Å². The van der Waals surface area contributed by atoms with Crippen molar-refractivity contribution < 1.29 is 60.4 Å². The molecule has 1 amide bonds. The Hall–Kier alpha value is -2.98. The first-order valence-corrected chi connectivity index (χ1v) is 11.9. The number of alkyl halides is 6. The summed E-state index contributed by atoms with van der Waals surface area (Å²) in [6, 6.07) is 4.21. The van der Waals surface area contributed by atoms with Gasteiger partial charge in [-0.3, -0.25) is 14.7 Å². The smallest absolute Gasteiger partial charge is 0.475 e. The van der Waals surface area contributed by atoms with E-state index in [9.17, 15) is 31.1 Å². The molecule has 4 rings (SSSR count). The fraction of sp³-hybridized carbons (Fsp3) is 0.652. The lowest BCUT2D eigenvalue weighted by molar-refractivity contribution is -0.193. The molecule has 39 heavy (non-hydrogen) atoms. The molecule has 3 aliphatic rings. The first kappa shape index (κ1) is 32.2. The normalized spacial score (nSPS) is 22.7. The lowest BCUT2D eigenvalue weighted by atomic mass is 9.92. The molecule has 0 radical (unpaired) electrons. The summed E-state index contributed by atoms with van der Waals surface area (Å²) in [5.74, 6) is -4.90. The molecule has 3 aliphatic heterocycles. The maximum Gasteiger partial charge on any atom is 0.490 e.